The van der Waals surface area contributed by atoms with Gasteiger partial charge in [0, 0.05) is 0 Å². The Morgan fingerprint density at radius 1 is 1.25 bits per heavy atom. The van der Waals surface area contributed by atoms with Gasteiger partial charge in [-0.25, -0.2) is 9.18 Å². The Morgan fingerprint density at radius 3 is 2.55 bits per heavy atom. The number of carbonyl (C=O) groups is 1. The van der Waals surface area contributed by atoms with Crippen LogP contribution >= 0.6 is 15.9 Å². The normalized spacial score (nSPS) is 9.85. The first-order valence-corrected chi connectivity index (χ1v) is 6.21. The van der Waals surface area contributed by atoms with Crippen LogP contribution in [0.5, 0.6) is 11.5 Å². The van der Waals surface area contributed by atoms with Crippen molar-refractivity contribution < 1.29 is 19.0 Å². The highest BCUT2D eigenvalue weighted by molar-refractivity contribution is 9.10. The summed E-state index contributed by atoms with van der Waals surface area (Å²) in [5.41, 5.74) is 0.0770. The third-order valence-electron chi connectivity index (χ3n) is 2.46. The van der Waals surface area contributed by atoms with Crippen LogP contribution < -0.4 is 4.74 Å². The zero-order valence-electron chi connectivity index (χ0n) is 9.93. The molecule has 2 aromatic rings. The largest absolute Gasteiger partial charge is 0.478 e. The van der Waals surface area contributed by atoms with Gasteiger partial charge in [0.05, 0.1) is 15.6 Å². The zero-order valence-corrected chi connectivity index (χ0v) is 11.5. The van der Waals surface area contributed by atoms with Crippen LogP contribution in [0, 0.1) is 17.1 Å². The van der Waals surface area contributed by atoms with Gasteiger partial charge in [-0.1, -0.05) is 0 Å². The van der Waals surface area contributed by atoms with E-state index in [2.05, 4.69) is 15.9 Å². The standard InChI is InChI=1S/C14H7BrFNO3/c15-11-6-10(16)2-4-13(11)20-12-3-1-8(14(18)19)5-9(12)7-17/h1-6H,(H,18,19). The molecule has 6 heteroatoms. The number of hydrogen-bond acceptors (Lipinski definition) is 3. The van der Waals surface area contributed by atoms with E-state index in [1.807, 2.05) is 6.07 Å². The fourth-order valence-electron chi connectivity index (χ4n) is 1.52. The van der Waals surface area contributed by atoms with E-state index in [1.54, 1.807) is 0 Å². The number of hydrogen-bond donors (Lipinski definition) is 1. The lowest BCUT2D eigenvalue weighted by molar-refractivity contribution is 0.0697. The first-order chi connectivity index (χ1) is 9.51. The van der Waals surface area contributed by atoms with Crippen LogP contribution in [0.15, 0.2) is 40.9 Å². The van der Waals surface area contributed by atoms with Gasteiger partial charge in [0.2, 0.25) is 0 Å². The van der Waals surface area contributed by atoms with Crippen LogP contribution in [0.4, 0.5) is 4.39 Å². The molecule has 20 heavy (non-hydrogen) atoms. The lowest BCUT2D eigenvalue weighted by Gasteiger charge is -2.09. The predicted molar refractivity (Wildman–Crippen MR) is 72.3 cm³/mol. The van der Waals surface area contributed by atoms with Crippen molar-refractivity contribution >= 4 is 21.9 Å². The van der Waals surface area contributed by atoms with Crippen LogP contribution in [-0.2, 0) is 0 Å². The molecule has 100 valence electrons. The average molecular weight is 336 g/mol. The first kappa shape index (κ1) is 14.0. The molecular formula is C14H7BrFNO3. The molecule has 0 unspecified atom stereocenters. The Morgan fingerprint density at radius 2 is 1.95 bits per heavy atom. The van der Waals surface area contributed by atoms with Gasteiger partial charge in [-0.3, -0.25) is 0 Å². The second-order valence-corrected chi connectivity index (χ2v) is 4.66. The minimum atomic E-state index is -1.13. The number of nitriles is 1. The van der Waals surface area contributed by atoms with E-state index < -0.39 is 11.8 Å². The van der Waals surface area contributed by atoms with Crippen LogP contribution in [0.1, 0.15) is 15.9 Å². The topological polar surface area (TPSA) is 70.3 Å². The Kier molecular flexibility index (Phi) is 4.01. The fourth-order valence-corrected chi connectivity index (χ4v) is 1.95. The van der Waals surface area contributed by atoms with Gasteiger partial charge in [0.1, 0.15) is 23.4 Å². The molecule has 0 aromatic heterocycles. The monoisotopic (exact) mass is 335 g/mol. The van der Waals surface area contributed by atoms with E-state index in [4.69, 9.17) is 15.1 Å². The first-order valence-electron chi connectivity index (χ1n) is 5.41. The third-order valence-corrected chi connectivity index (χ3v) is 3.08. The molecule has 1 N–H and O–H groups in total. The molecule has 0 spiro atoms. The van der Waals surface area contributed by atoms with Gasteiger partial charge in [0.15, 0.2) is 0 Å². The molecule has 0 radical (unpaired) electrons. The summed E-state index contributed by atoms with van der Waals surface area (Å²) in [6, 6.07) is 9.66. The van der Waals surface area contributed by atoms with Crippen molar-refractivity contribution in [1.82, 2.24) is 0 Å². The van der Waals surface area contributed by atoms with E-state index in [9.17, 15) is 9.18 Å². The molecular weight excluding hydrogens is 329 g/mol. The third kappa shape index (κ3) is 2.95. The summed E-state index contributed by atoms with van der Waals surface area (Å²) in [5.74, 6) is -1.03. The summed E-state index contributed by atoms with van der Waals surface area (Å²) in [7, 11) is 0. The highest BCUT2D eigenvalue weighted by atomic mass is 79.9. The van der Waals surface area contributed by atoms with E-state index in [1.165, 1.54) is 36.4 Å². The molecule has 0 aliphatic heterocycles. The SMILES string of the molecule is N#Cc1cc(C(=O)O)ccc1Oc1ccc(F)cc1Br. The Labute approximate surface area is 122 Å². The Hall–Kier alpha value is -2.39. The average Bonchev–Trinajstić information content (AvgIpc) is 2.42. The van der Waals surface area contributed by atoms with Crippen LogP contribution in [0.25, 0.3) is 0 Å². The minimum Gasteiger partial charge on any atom is -0.478 e. The quantitative estimate of drug-likeness (QED) is 0.921. The highest BCUT2D eigenvalue weighted by Crippen LogP contribution is 2.32. The summed E-state index contributed by atoms with van der Waals surface area (Å²) < 4.78 is 18.9. The Balaban J connectivity index is 2.39. The maximum Gasteiger partial charge on any atom is 0.335 e. The summed E-state index contributed by atoms with van der Waals surface area (Å²) in [4.78, 5) is 10.8. The van der Waals surface area contributed by atoms with E-state index in [0.29, 0.717) is 10.2 Å². The molecule has 0 heterocycles. The van der Waals surface area contributed by atoms with E-state index >= 15 is 0 Å². The van der Waals surface area contributed by atoms with Crippen LogP contribution in [0.3, 0.4) is 0 Å². The number of carboxylic acids is 1. The van der Waals surface area contributed by atoms with Crippen LogP contribution in [0.2, 0.25) is 0 Å². The lowest BCUT2D eigenvalue weighted by atomic mass is 10.1. The number of aromatic carboxylic acids is 1. The maximum atomic E-state index is 13.0. The smallest absolute Gasteiger partial charge is 0.335 e. The zero-order chi connectivity index (χ0) is 14.7. The summed E-state index contributed by atoms with van der Waals surface area (Å²) >= 11 is 3.15. The molecule has 0 fully saturated rings. The number of halogens is 2. The predicted octanol–water partition coefficient (Wildman–Crippen LogP) is 3.95. The van der Waals surface area contributed by atoms with Crippen molar-refractivity contribution in [2.75, 3.05) is 0 Å². The number of carboxylic acid groups (broad SMARTS) is 1. The molecule has 0 aliphatic carbocycles. The summed E-state index contributed by atoms with van der Waals surface area (Å²) in [5, 5.41) is 17.9. The molecule has 0 atom stereocenters. The van der Waals surface area contributed by atoms with Crippen molar-refractivity contribution in [3.05, 3.63) is 57.8 Å². The van der Waals surface area contributed by atoms with Gasteiger partial charge < -0.3 is 9.84 Å². The minimum absolute atomic E-state index is 0.00734. The second-order valence-electron chi connectivity index (χ2n) is 3.80. The van der Waals surface area contributed by atoms with Crippen molar-refractivity contribution in [2.24, 2.45) is 0 Å². The fraction of sp³-hybridized carbons (Fsp3) is 0. The molecule has 0 aliphatic rings. The van der Waals surface area contributed by atoms with Crippen molar-refractivity contribution in [1.29, 1.82) is 5.26 Å². The van der Waals surface area contributed by atoms with Gasteiger partial charge in [-0.05, 0) is 52.3 Å². The van der Waals surface area contributed by atoms with Crippen molar-refractivity contribution in [3.8, 4) is 17.6 Å². The summed E-state index contributed by atoms with van der Waals surface area (Å²) in [6.45, 7) is 0. The number of nitrogens with zero attached hydrogens (tertiary/aromatic N) is 1. The highest BCUT2D eigenvalue weighted by Gasteiger charge is 2.11. The van der Waals surface area contributed by atoms with Gasteiger partial charge in [0.25, 0.3) is 0 Å². The molecule has 0 amide bonds. The lowest BCUT2D eigenvalue weighted by Crippen LogP contribution is -1.98. The number of ether oxygens (including phenoxy) is 1. The second kappa shape index (κ2) is 5.72. The Bertz CT molecular complexity index is 725. The number of rotatable bonds is 3. The van der Waals surface area contributed by atoms with E-state index in [0.717, 1.165) is 0 Å². The van der Waals surface area contributed by atoms with Crippen molar-refractivity contribution in [3.63, 3.8) is 0 Å². The molecule has 2 rings (SSSR count). The molecule has 0 bridgehead atoms. The maximum absolute atomic E-state index is 13.0. The molecule has 4 nitrogen and oxygen atoms in total. The molecule has 2 aromatic carbocycles. The van der Waals surface area contributed by atoms with Gasteiger partial charge >= 0.3 is 5.97 Å². The molecule has 0 saturated carbocycles. The van der Waals surface area contributed by atoms with Gasteiger partial charge in [-0.15, -0.1) is 0 Å². The summed E-state index contributed by atoms with van der Waals surface area (Å²) in [6.07, 6.45) is 0. The van der Waals surface area contributed by atoms with Crippen molar-refractivity contribution in [2.45, 2.75) is 0 Å². The van der Waals surface area contributed by atoms with E-state index in [-0.39, 0.29) is 16.9 Å². The number of benzene rings is 2. The van der Waals surface area contributed by atoms with Gasteiger partial charge in [-0.2, -0.15) is 5.26 Å². The van der Waals surface area contributed by atoms with Crippen LogP contribution in [-0.4, -0.2) is 11.1 Å². The molecule has 0 saturated heterocycles.